The summed E-state index contributed by atoms with van der Waals surface area (Å²) in [4.78, 5) is 1.74. The summed E-state index contributed by atoms with van der Waals surface area (Å²) in [6.07, 6.45) is 3.82. The molecule has 4 heteroatoms. The van der Waals surface area contributed by atoms with Crippen molar-refractivity contribution in [2.24, 2.45) is 0 Å². The van der Waals surface area contributed by atoms with Crippen LogP contribution >= 0.6 is 0 Å². The number of unbranched alkanes of at least 4 members (excludes halogenated alkanes) is 1. The summed E-state index contributed by atoms with van der Waals surface area (Å²) in [6, 6.07) is 16.2. The largest absolute Gasteiger partial charge is 0.393 e. The van der Waals surface area contributed by atoms with Crippen molar-refractivity contribution in [2.45, 2.75) is 51.6 Å². The van der Waals surface area contributed by atoms with E-state index in [9.17, 15) is 5.11 Å². The van der Waals surface area contributed by atoms with Gasteiger partial charge in [-0.15, -0.1) is 10.2 Å². The van der Waals surface area contributed by atoms with Gasteiger partial charge in [-0.1, -0.05) is 50.1 Å². The standard InChI is InChI=1S/C20H25N3O/c1-3-4-9-16(14-15(2)24)17-10-5-8-13-20(17)23-21-18-11-6-7-12-19(18)22-23/h5-8,10-13,15-16,24H,3-4,9,14H2,1-2H3. The van der Waals surface area contributed by atoms with Gasteiger partial charge in [0.25, 0.3) is 0 Å². The van der Waals surface area contributed by atoms with Gasteiger partial charge in [0.1, 0.15) is 11.0 Å². The minimum Gasteiger partial charge on any atom is -0.393 e. The normalized spacial score (nSPS) is 14.0. The SMILES string of the molecule is CCCCC(CC(C)O)c1ccccc1-n1nc2ccccc2n1. The lowest BCUT2D eigenvalue weighted by atomic mass is 9.88. The summed E-state index contributed by atoms with van der Waals surface area (Å²) in [5.74, 6) is 0.315. The molecule has 3 rings (SSSR count). The molecule has 1 heterocycles. The van der Waals surface area contributed by atoms with Gasteiger partial charge >= 0.3 is 0 Å². The minimum absolute atomic E-state index is 0.315. The van der Waals surface area contributed by atoms with E-state index in [1.807, 2.05) is 37.3 Å². The molecule has 3 aromatic rings. The van der Waals surface area contributed by atoms with Crippen molar-refractivity contribution in [2.75, 3.05) is 0 Å². The lowest BCUT2D eigenvalue weighted by Crippen LogP contribution is -2.12. The van der Waals surface area contributed by atoms with Crippen LogP contribution in [-0.2, 0) is 0 Å². The van der Waals surface area contributed by atoms with Gasteiger partial charge in [-0.05, 0) is 49.4 Å². The molecule has 0 aliphatic heterocycles. The van der Waals surface area contributed by atoms with Crippen molar-refractivity contribution in [3.8, 4) is 5.69 Å². The number of hydrogen-bond acceptors (Lipinski definition) is 3. The molecule has 0 bridgehead atoms. The van der Waals surface area contributed by atoms with Gasteiger partial charge in [0.2, 0.25) is 0 Å². The molecule has 2 aromatic carbocycles. The zero-order chi connectivity index (χ0) is 16.9. The van der Waals surface area contributed by atoms with E-state index in [4.69, 9.17) is 0 Å². The minimum atomic E-state index is -0.315. The Hall–Kier alpha value is -2.20. The second-order valence-corrected chi connectivity index (χ2v) is 6.46. The number of rotatable bonds is 7. The zero-order valence-electron chi connectivity index (χ0n) is 14.4. The molecule has 1 N–H and O–H groups in total. The van der Waals surface area contributed by atoms with Crippen molar-refractivity contribution in [1.82, 2.24) is 15.0 Å². The number of hydrogen-bond donors (Lipinski definition) is 1. The smallest absolute Gasteiger partial charge is 0.113 e. The van der Waals surface area contributed by atoms with E-state index >= 15 is 0 Å². The van der Waals surface area contributed by atoms with Crippen LogP contribution in [-0.4, -0.2) is 26.2 Å². The van der Waals surface area contributed by atoms with Crippen LogP contribution in [0, 0.1) is 0 Å². The van der Waals surface area contributed by atoms with Crippen LogP contribution in [0.25, 0.3) is 16.7 Å². The number of aliphatic hydroxyl groups is 1. The third-order valence-electron chi connectivity index (χ3n) is 4.41. The third kappa shape index (κ3) is 3.65. The first-order valence-electron chi connectivity index (χ1n) is 8.78. The number of benzene rings is 2. The number of para-hydroxylation sites is 1. The van der Waals surface area contributed by atoms with E-state index in [1.165, 1.54) is 5.56 Å². The maximum absolute atomic E-state index is 9.92. The van der Waals surface area contributed by atoms with E-state index in [1.54, 1.807) is 4.80 Å². The highest BCUT2D eigenvalue weighted by Crippen LogP contribution is 2.31. The van der Waals surface area contributed by atoms with Crippen molar-refractivity contribution in [3.05, 3.63) is 54.1 Å². The topological polar surface area (TPSA) is 50.9 Å². The highest BCUT2D eigenvalue weighted by molar-refractivity contribution is 5.73. The Balaban J connectivity index is 2.01. The molecule has 2 atom stereocenters. The number of nitrogens with zero attached hydrogens (tertiary/aromatic N) is 3. The van der Waals surface area contributed by atoms with E-state index in [0.29, 0.717) is 5.92 Å². The first kappa shape index (κ1) is 16.7. The molecule has 0 aliphatic rings. The van der Waals surface area contributed by atoms with Crippen LogP contribution in [0.4, 0.5) is 0 Å². The molecule has 0 saturated carbocycles. The Morgan fingerprint density at radius 1 is 1.00 bits per heavy atom. The predicted molar refractivity (Wildman–Crippen MR) is 97.4 cm³/mol. The molecule has 126 valence electrons. The van der Waals surface area contributed by atoms with Gasteiger partial charge in [0.05, 0.1) is 11.8 Å². The molecule has 0 saturated heterocycles. The van der Waals surface area contributed by atoms with Gasteiger partial charge in [0, 0.05) is 0 Å². The second kappa shape index (κ2) is 7.58. The summed E-state index contributed by atoms with van der Waals surface area (Å²) in [6.45, 7) is 4.06. The molecule has 2 unspecified atom stereocenters. The lowest BCUT2D eigenvalue weighted by Gasteiger charge is -2.21. The monoisotopic (exact) mass is 323 g/mol. The fourth-order valence-corrected chi connectivity index (χ4v) is 3.24. The van der Waals surface area contributed by atoms with Crippen molar-refractivity contribution >= 4 is 11.0 Å². The molecule has 1 aromatic heterocycles. The van der Waals surface area contributed by atoms with Gasteiger partial charge in [-0.3, -0.25) is 0 Å². The van der Waals surface area contributed by atoms with Gasteiger partial charge in [0.15, 0.2) is 0 Å². The Morgan fingerprint density at radius 2 is 1.62 bits per heavy atom. The molecular formula is C20H25N3O. The Bertz CT molecular complexity index is 761. The van der Waals surface area contributed by atoms with E-state index in [2.05, 4.69) is 35.3 Å². The summed E-state index contributed by atoms with van der Waals surface area (Å²) in [5, 5.41) is 19.2. The highest BCUT2D eigenvalue weighted by Gasteiger charge is 2.19. The van der Waals surface area contributed by atoms with E-state index in [-0.39, 0.29) is 6.10 Å². The van der Waals surface area contributed by atoms with Crippen LogP contribution in [0.15, 0.2) is 48.5 Å². The maximum atomic E-state index is 9.92. The lowest BCUT2D eigenvalue weighted by molar-refractivity contribution is 0.172. The summed E-state index contributed by atoms with van der Waals surface area (Å²) < 4.78 is 0. The summed E-state index contributed by atoms with van der Waals surface area (Å²) in [5.41, 5.74) is 4.02. The van der Waals surface area contributed by atoms with Crippen molar-refractivity contribution in [1.29, 1.82) is 0 Å². The first-order chi connectivity index (χ1) is 11.7. The molecule has 0 fully saturated rings. The van der Waals surface area contributed by atoms with Crippen LogP contribution in [0.1, 0.15) is 51.0 Å². The summed E-state index contributed by atoms with van der Waals surface area (Å²) in [7, 11) is 0. The fraction of sp³-hybridized carbons (Fsp3) is 0.400. The second-order valence-electron chi connectivity index (χ2n) is 6.46. The number of aliphatic hydroxyl groups excluding tert-OH is 1. The molecule has 0 aliphatic carbocycles. The first-order valence-corrected chi connectivity index (χ1v) is 8.78. The van der Waals surface area contributed by atoms with Crippen LogP contribution in [0.3, 0.4) is 0 Å². The zero-order valence-corrected chi connectivity index (χ0v) is 14.4. The third-order valence-corrected chi connectivity index (χ3v) is 4.41. The Kier molecular flexibility index (Phi) is 5.26. The van der Waals surface area contributed by atoms with Crippen molar-refractivity contribution < 1.29 is 5.11 Å². The van der Waals surface area contributed by atoms with Crippen LogP contribution in [0.2, 0.25) is 0 Å². The molecule has 0 spiro atoms. The number of aromatic nitrogens is 3. The molecule has 0 radical (unpaired) electrons. The molecular weight excluding hydrogens is 298 g/mol. The van der Waals surface area contributed by atoms with Crippen LogP contribution in [0.5, 0.6) is 0 Å². The average molecular weight is 323 g/mol. The van der Waals surface area contributed by atoms with Crippen molar-refractivity contribution in [3.63, 3.8) is 0 Å². The van der Waals surface area contributed by atoms with Gasteiger partial charge in [-0.25, -0.2) is 0 Å². The van der Waals surface area contributed by atoms with E-state index in [0.717, 1.165) is 42.4 Å². The molecule has 24 heavy (non-hydrogen) atoms. The predicted octanol–water partition coefficient (Wildman–Crippen LogP) is 4.47. The van der Waals surface area contributed by atoms with Crippen LogP contribution < -0.4 is 0 Å². The average Bonchev–Trinajstić information content (AvgIpc) is 3.02. The Morgan fingerprint density at radius 3 is 2.25 bits per heavy atom. The van der Waals surface area contributed by atoms with Gasteiger partial charge < -0.3 is 5.11 Å². The van der Waals surface area contributed by atoms with E-state index < -0.39 is 0 Å². The fourth-order valence-electron chi connectivity index (χ4n) is 3.24. The Labute approximate surface area is 143 Å². The molecule has 4 nitrogen and oxygen atoms in total. The summed E-state index contributed by atoms with van der Waals surface area (Å²) >= 11 is 0. The quantitative estimate of drug-likeness (QED) is 0.698. The number of fused-ring (bicyclic) bond motifs is 1. The maximum Gasteiger partial charge on any atom is 0.113 e. The highest BCUT2D eigenvalue weighted by atomic mass is 16.3. The molecule has 0 amide bonds. The van der Waals surface area contributed by atoms with Gasteiger partial charge in [-0.2, -0.15) is 4.80 Å².